The second kappa shape index (κ2) is 14.9. The molecule has 14 heteroatoms. The van der Waals surface area contributed by atoms with E-state index in [1.807, 2.05) is 36.4 Å². The third-order valence-electron chi connectivity index (χ3n) is 6.80. The predicted molar refractivity (Wildman–Crippen MR) is 173 cm³/mol. The molecule has 9 nitrogen and oxygen atoms in total. The number of pyridine rings is 2. The maximum atomic E-state index is 12.3. The van der Waals surface area contributed by atoms with Crippen molar-refractivity contribution in [3.05, 3.63) is 95.1 Å². The number of aromatic nitrogens is 6. The number of benzene rings is 2. The number of methoxy groups -OCH3 is 1. The molecule has 0 aliphatic carbocycles. The fourth-order valence-electron chi connectivity index (χ4n) is 4.46. The Morgan fingerprint density at radius 2 is 1.43 bits per heavy atom. The Bertz CT molecular complexity index is 1900. The summed E-state index contributed by atoms with van der Waals surface area (Å²) in [7, 11) is 1.59. The number of aliphatic hydroxyl groups excluding tert-OH is 1. The number of rotatable bonds is 10. The van der Waals surface area contributed by atoms with Crippen LogP contribution < -0.4 is 9.47 Å². The van der Waals surface area contributed by atoms with Crippen LogP contribution in [0.4, 0.5) is 13.2 Å². The van der Waals surface area contributed by atoms with Gasteiger partial charge in [-0.15, -0.1) is 0 Å². The zero-order valence-electron chi connectivity index (χ0n) is 25.2. The van der Waals surface area contributed by atoms with Crippen molar-refractivity contribution in [1.29, 1.82) is 0 Å². The number of hydrogen-bond donors (Lipinski definition) is 3. The van der Waals surface area contributed by atoms with Gasteiger partial charge in [-0.25, -0.2) is 9.97 Å². The molecule has 0 saturated carbocycles. The van der Waals surface area contributed by atoms with Gasteiger partial charge in [0.25, 0.3) is 0 Å². The Morgan fingerprint density at radius 3 is 2.11 bits per heavy atom. The summed E-state index contributed by atoms with van der Waals surface area (Å²) < 4.78 is 47.0. The van der Waals surface area contributed by atoms with E-state index in [-0.39, 0.29) is 12.4 Å². The van der Waals surface area contributed by atoms with E-state index in [1.165, 1.54) is 29.6 Å². The van der Waals surface area contributed by atoms with Crippen molar-refractivity contribution in [3.63, 3.8) is 0 Å². The fraction of sp³-hybridized carbons (Fsp3) is 0.250. The molecule has 0 aliphatic heterocycles. The van der Waals surface area contributed by atoms with Crippen LogP contribution in [-0.2, 0) is 18.1 Å². The molecule has 0 aliphatic rings. The second-order valence-corrected chi connectivity index (χ2v) is 12.0. The number of aryl methyl sites for hydroxylation is 1. The number of H-pyrrole nitrogens is 2. The minimum absolute atomic E-state index is 0.0910. The summed E-state index contributed by atoms with van der Waals surface area (Å²) in [5.74, 6) is 1.96. The molecule has 0 fully saturated rings. The molecule has 240 valence electrons. The molecule has 6 aromatic rings. The van der Waals surface area contributed by atoms with E-state index >= 15 is 0 Å². The summed E-state index contributed by atoms with van der Waals surface area (Å²) in [6, 6.07) is 17.0. The van der Waals surface area contributed by atoms with Gasteiger partial charge < -0.3 is 24.5 Å². The molecule has 6 rings (SSSR count). The number of ether oxygens (including phenoxy) is 2. The first-order valence-corrected chi connectivity index (χ1v) is 16.0. The van der Waals surface area contributed by atoms with Crippen LogP contribution in [0.1, 0.15) is 28.1 Å². The largest absolute Gasteiger partial charge is 0.496 e. The zero-order chi connectivity index (χ0) is 32.7. The molecule has 0 amide bonds. The van der Waals surface area contributed by atoms with Crippen LogP contribution in [0.15, 0.2) is 77.3 Å². The summed E-state index contributed by atoms with van der Waals surface area (Å²) in [5, 5.41) is 11.1. The van der Waals surface area contributed by atoms with Crippen LogP contribution in [0, 0.1) is 13.8 Å². The molecule has 0 bridgehead atoms. The third-order valence-corrected chi connectivity index (χ3v) is 8.57. The summed E-state index contributed by atoms with van der Waals surface area (Å²) in [4.78, 5) is 24.1. The van der Waals surface area contributed by atoms with Gasteiger partial charge in [0.05, 0.1) is 47.2 Å². The third kappa shape index (κ3) is 8.50. The van der Waals surface area contributed by atoms with Crippen molar-refractivity contribution >= 4 is 45.6 Å². The first-order chi connectivity index (χ1) is 22.1. The molecule has 0 atom stereocenters. The molecule has 0 spiro atoms. The van der Waals surface area contributed by atoms with Gasteiger partial charge in [0.2, 0.25) is 0 Å². The Labute approximate surface area is 271 Å². The van der Waals surface area contributed by atoms with Gasteiger partial charge in [-0.1, -0.05) is 41.7 Å². The van der Waals surface area contributed by atoms with E-state index in [1.54, 1.807) is 38.1 Å². The number of imidazole rings is 2. The van der Waals surface area contributed by atoms with E-state index < -0.39 is 12.8 Å². The molecule has 0 radical (unpaired) electrons. The summed E-state index contributed by atoms with van der Waals surface area (Å²) in [5.41, 5.74) is 7.79. The van der Waals surface area contributed by atoms with Gasteiger partial charge in [0.1, 0.15) is 11.5 Å². The van der Waals surface area contributed by atoms with Crippen LogP contribution in [0.2, 0.25) is 0 Å². The number of aromatic amines is 2. The molecule has 4 heterocycles. The van der Waals surface area contributed by atoms with E-state index in [0.29, 0.717) is 28.5 Å². The Kier molecular flexibility index (Phi) is 10.7. The lowest BCUT2D eigenvalue weighted by Crippen LogP contribution is -2.19. The van der Waals surface area contributed by atoms with Crippen molar-refractivity contribution in [2.24, 2.45) is 0 Å². The van der Waals surface area contributed by atoms with Crippen LogP contribution in [0.5, 0.6) is 11.5 Å². The van der Waals surface area contributed by atoms with Crippen molar-refractivity contribution < 1.29 is 27.8 Å². The van der Waals surface area contributed by atoms with Gasteiger partial charge in [0.15, 0.2) is 16.9 Å². The lowest BCUT2D eigenvalue weighted by molar-refractivity contribution is -0.153. The van der Waals surface area contributed by atoms with E-state index in [4.69, 9.17) is 9.47 Å². The van der Waals surface area contributed by atoms with E-state index in [9.17, 15) is 18.3 Å². The minimum Gasteiger partial charge on any atom is -0.496 e. The van der Waals surface area contributed by atoms with Crippen molar-refractivity contribution in [2.75, 3.05) is 13.7 Å². The zero-order valence-corrected chi connectivity index (χ0v) is 26.8. The van der Waals surface area contributed by atoms with Crippen LogP contribution in [-0.4, -0.2) is 54.9 Å². The monoisotopic (exact) mass is 668 g/mol. The molecular formula is C32H31F3N6O3S2. The molecule has 0 saturated heterocycles. The van der Waals surface area contributed by atoms with Gasteiger partial charge in [-0.2, -0.15) is 13.2 Å². The Morgan fingerprint density at radius 1 is 0.804 bits per heavy atom. The number of fused-ring (bicyclic) bond motifs is 2. The highest BCUT2D eigenvalue weighted by atomic mass is 32.2. The quantitative estimate of drug-likeness (QED) is 0.127. The highest BCUT2D eigenvalue weighted by molar-refractivity contribution is 7.98. The minimum atomic E-state index is -4.36. The molecule has 3 N–H and O–H groups in total. The highest BCUT2D eigenvalue weighted by Crippen LogP contribution is 2.29. The maximum absolute atomic E-state index is 12.3. The fourth-order valence-corrected chi connectivity index (χ4v) is 6.24. The molecule has 46 heavy (non-hydrogen) atoms. The number of hydrogen-bond acceptors (Lipinski definition) is 9. The normalized spacial score (nSPS) is 11.5. The summed E-state index contributed by atoms with van der Waals surface area (Å²) in [6.07, 6.45) is -1.22. The summed E-state index contributed by atoms with van der Waals surface area (Å²) >= 11 is 3.00. The Balaban J connectivity index is 0.000000182. The number of nitrogens with one attached hydrogen (secondary N) is 2. The van der Waals surface area contributed by atoms with E-state index in [2.05, 4.69) is 42.9 Å². The SMILES string of the molecule is COc1ccnc(CSc2nc3ccc(C)cc3[nH]2)c1CO.Cc1c(OCC(F)(F)F)ccnc1CSc1nc2ccccc2[nH]1. The maximum Gasteiger partial charge on any atom is 0.422 e. The van der Waals surface area contributed by atoms with Gasteiger partial charge >= 0.3 is 6.18 Å². The highest BCUT2D eigenvalue weighted by Gasteiger charge is 2.28. The Hall–Kier alpha value is -4.27. The number of aliphatic hydroxyl groups is 1. The standard InChI is InChI=1S/C16H14F3N3OS.C16H17N3O2S/c1-10-13(20-7-6-14(10)23-9-16(17,18)19)8-24-15-21-11-4-2-3-5-12(11)22-15;1-10-3-4-12-13(7-10)19-16(18-12)22-9-14-11(8-20)15(21-2)5-6-17-14/h2-7H,8-9H2,1H3,(H,21,22);3-7,20H,8-9H2,1-2H3,(H,18,19). The molecule has 4 aromatic heterocycles. The molecular weight excluding hydrogens is 638 g/mol. The second-order valence-electron chi connectivity index (χ2n) is 10.1. The topological polar surface area (TPSA) is 122 Å². The molecule has 2 aromatic carbocycles. The lowest BCUT2D eigenvalue weighted by Gasteiger charge is -2.13. The number of thioether (sulfide) groups is 2. The first kappa shape index (κ1) is 33.1. The first-order valence-electron chi connectivity index (χ1n) is 14.1. The number of alkyl halides is 3. The van der Waals surface area contributed by atoms with Crippen LogP contribution in [0.25, 0.3) is 22.1 Å². The summed E-state index contributed by atoms with van der Waals surface area (Å²) in [6.45, 7) is 2.36. The van der Waals surface area contributed by atoms with E-state index in [0.717, 1.165) is 43.6 Å². The number of para-hydroxylation sites is 2. The molecule has 0 unspecified atom stereocenters. The van der Waals surface area contributed by atoms with Crippen molar-refractivity contribution in [2.45, 2.75) is 48.4 Å². The van der Waals surface area contributed by atoms with Crippen LogP contribution in [0.3, 0.4) is 0 Å². The van der Waals surface area contributed by atoms with Gasteiger partial charge in [0, 0.05) is 35.0 Å². The average Bonchev–Trinajstić information content (AvgIpc) is 3.65. The van der Waals surface area contributed by atoms with Crippen molar-refractivity contribution in [1.82, 2.24) is 29.9 Å². The lowest BCUT2D eigenvalue weighted by atomic mass is 10.2. The number of nitrogens with zero attached hydrogens (tertiary/aromatic N) is 4. The van der Waals surface area contributed by atoms with Gasteiger partial charge in [-0.3, -0.25) is 9.97 Å². The van der Waals surface area contributed by atoms with Gasteiger partial charge in [-0.05, 0) is 55.8 Å². The smallest absolute Gasteiger partial charge is 0.422 e. The van der Waals surface area contributed by atoms with Crippen molar-refractivity contribution in [3.8, 4) is 11.5 Å². The predicted octanol–water partition coefficient (Wildman–Crippen LogP) is 7.56. The average molecular weight is 669 g/mol. The van der Waals surface area contributed by atoms with Crippen LogP contribution >= 0.6 is 23.5 Å². The number of halogens is 3.